The Morgan fingerprint density at radius 1 is 1.25 bits per heavy atom. The Bertz CT molecular complexity index is 529. The van der Waals surface area contributed by atoms with Gasteiger partial charge in [0.2, 0.25) is 0 Å². The molecule has 0 aromatic carbocycles. The fourth-order valence-electron chi connectivity index (χ4n) is 2.03. The minimum Gasteiger partial charge on any atom is -0.360 e. The Balaban J connectivity index is 2.80. The first-order chi connectivity index (χ1) is 7.65. The van der Waals surface area contributed by atoms with Crippen molar-refractivity contribution in [1.82, 2.24) is 9.55 Å². The Labute approximate surface area is 91.5 Å². The van der Waals surface area contributed by atoms with Gasteiger partial charge in [0.05, 0.1) is 0 Å². The molecular formula is C10H13N3O3. The van der Waals surface area contributed by atoms with Gasteiger partial charge in [-0.2, -0.15) is 0 Å². The van der Waals surface area contributed by atoms with Crippen molar-refractivity contribution >= 4 is 12.1 Å². The number of rotatable bonds is 1. The molecule has 0 bridgehead atoms. The average molecular weight is 223 g/mol. The molecule has 0 atom stereocenters. The van der Waals surface area contributed by atoms with E-state index in [1.54, 1.807) is 11.9 Å². The molecule has 0 saturated heterocycles. The van der Waals surface area contributed by atoms with Crippen molar-refractivity contribution in [2.24, 2.45) is 0 Å². The number of nitrogens with one attached hydrogen (secondary N) is 1. The van der Waals surface area contributed by atoms with E-state index >= 15 is 0 Å². The van der Waals surface area contributed by atoms with Gasteiger partial charge in [-0.15, -0.1) is 0 Å². The molecule has 16 heavy (non-hydrogen) atoms. The van der Waals surface area contributed by atoms with Gasteiger partial charge in [0.15, 0.2) is 6.29 Å². The minimum absolute atomic E-state index is 0.0315. The monoisotopic (exact) mass is 223 g/mol. The van der Waals surface area contributed by atoms with Gasteiger partial charge in [0.25, 0.3) is 5.56 Å². The van der Waals surface area contributed by atoms with Crippen LogP contribution >= 0.6 is 0 Å². The summed E-state index contributed by atoms with van der Waals surface area (Å²) in [4.78, 5) is 37.9. The van der Waals surface area contributed by atoms with E-state index in [0.717, 1.165) is 19.4 Å². The van der Waals surface area contributed by atoms with Gasteiger partial charge in [-0.3, -0.25) is 19.1 Å². The van der Waals surface area contributed by atoms with Crippen molar-refractivity contribution in [3.63, 3.8) is 0 Å². The number of hydrogen-bond acceptors (Lipinski definition) is 4. The maximum atomic E-state index is 11.6. The number of nitrogens with zero attached hydrogens (tertiary/aromatic N) is 2. The van der Waals surface area contributed by atoms with E-state index < -0.39 is 11.2 Å². The number of hydrogen-bond donors (Lipinski definition) is 1. The molecule has 0 radical (unpaired) electrons. The largest absolute Gasteiger partial charge is 0.360 e. The van der Waals surface area contributed by atoms with Crippen LogP contribution in [0.15, 0.2) is 9.59 Å². The second-order valence-electron chi connectivity index (χ2n) is 3.89. The molecule has 2 heterocycles. The molecule has 6 nitrogen and oxygen atoms in total. The summed E-state index contributed by atoms with van der Waals surface area (Å²) in [5, 5.41) is 0. The predicted molar refractivity (Wildman–Crippen MR) is 59.2 cm³/mol. The standard InChI is InChI=1S/C10H13N3O3/c1-12-4-2-3-5-13-9(12)7(6-14)8(15)11-10(13)16/h6H,2-5H2,1H3,(H,11,15,16). The van der Waals surface area contributed by atoms with Crippen LogP contribution in [0, 0.1) is 0 Å². The summed E-state index contributed by atoms with van der Waals surface area (Å²) < 4.78 is 1.46. The van der Waals surface area contributed by atoms with Crippen molar-refractivity contribution < 1.29 is 4.79 Å². The highest BCUT2D eigenvalue weighted by molar-refractivity contribution is 5.82. The number of carbonyl (C=O) groups is 1. The number of anilines is 1. The molecule has 2 rings (SSSR count). The smallest absolute Gasteiger partial charge is 0.329 e. The molecule has 1 aromatic heterocycles. The zero-order valence-electron chi connectivity index (χ0n) is 9.02. The van der Waals surface area contributed by atoms with E-state index in [-0.39, 0.29) is 5.56 Å². The molecule has 1 N–H and O–H groups in total. The number of aromatic amines is 1. The summed E-state index contributed by atoms with van der Waals surface area (Å²) in [5.74, 6) is 0.432. The molecule has 1 aliphatic heterocycles. The highest BCUT2D eigenvalue weighted by Gasteiger charge is 2.19. The third-order valence-electron chi connectivity index (χ3n) is 2.81. The molecule has 0 aliphatic carbocycles. The average Bonchev–Trinajstić information content (AvgIpc) is 2.42. The fourth-order valence-corrected chi connectivity index (χ4v) is 2.03. The second kappa shape index (κ2) is 3.96. The van der Waals surface area contributed by atoms with Gasteiger partial charge >= 0.3 is 5.69 Å². The highest BCUT2D eigenvalue weighted by atomic mass is 16.2. The van der Waals surface area contributed by atoms with Crippen LogP contribution in [-0.4, -0.2) is 29.4 Å². The third-order valence-corrected chi connectivity index (χ3v) is 2.81. The number of fused-ring (bicyclic) bond motifs is 1. The predicted octanol–water partition coefficient (Wildman–Crippen LogP) is -0.421. The van der Waals surface area contributed by atoms with E-state index in [4.69, 9.17) is 0 Å². The van der Waals surface area contributed by atoms with Crippen molar-refractivity contribution in [2.75, 3.05) is 18.5 Å². The van der Waals surface area contributed by atoms with E-state index in [1.165, 1.54) is 4.57 Å². The van der Waals surface area contributed by atoms with Crippen LogP contribution in [0.5, 0.6) is 0 Å². The molecule has 0 saturated carbocycles. The number of carbonyl (C=O) groups excluding carboxylic acids is 1. The lowest BCUT2D eigenvalue weighted by atomic mass is 10.3. The van der Waals surface area contributed by atoms with Crippen LogP contribution in [0.1, 0.15) is 23.2 Å². The zero-order chi connectivity index (χ0) is 11.7. The van der Waals surface area contributed by atoms with Crippen LogP contribution in [0.3, 0.4) is 0 Å². The molecule has 1 aromatic rings. The Hall–Kier alpha value is -1.85. The Kier molecular flexibility index (Phi) is 2.64. The van der Waals surface area contributed by atoms with Gasteiger partial charge in [0.1, 0.15) is 11.4 Å². The Morgan fingerprint density at radius 3 is 2.62 bits per heavy atom. The fraction of sp³-hybridized carbons (Fsp3) is 0.500. The highest BCUT2D eigenvalue weighted by Crippen LogP contribution is 2.17. The van der Waals surface area contributed by atoms with Crippen LogP contribution in [-0.2, 0) is 6.54 Å². The molecule has 0 fully saturated rings. The summed E-state index contributed by atoms with van der Waals surface area (Å²) in [6.45, 7) is 1.28. The zero-order valence-corrected chi connectivity index (χ0v) is 9.02. The summed E-state index contributed by atoms with van der Waals surface area (Å²) in [6.07, 6.45) is 2.30. The molecular weight excluding hydrogens is 210 g/mol. The van der Waals surface area contributed by atoms with Crippen LogP contribution in [0.25, 0.3) is 0 Å². The number of aldehydes is 1. The topological polar surface area (TPSA) is 75.2 Å². The second-order valence-corrected chi connectivity index (χ2v) is 3.89. The summed E-state index contributed by atoms with van der Waals surface area (Å²) in [5.41, 5.74) is -1.02. The summed E-state index contributed by atoms with van der Waals surface area (Å²) in [7, 11) is 1.78. The lowest BCUT2D eigenvalue weighted by Gasteiger charge is -2.20. The van der Waals surface area contributed by atoms with Gasteiger partial charge in [-0.25, -0.2) is 4.79 Å². The van der Waals surface area contributed by atoms with Crippen LogP contribution in [0.4, 0.5) is 5.82 Å². The molecule has 0 unspecified atom stereocenters. The molecule has 86 valence electrons. The van der Waals surface area contributed by atoms with Crippen molar-refractivity contribution in [3.8, 4) is 0 Å². The molecule has 0 spiro atoms. The SMILES string of the molecule is CN1CCCCn2c1c(C=O)c(=O)[nH]c2=O. The number of aromatic nitrogens is 2. The van der Waals surface area contributed by atoms with E-state index in [9.17, 15) is 14.4 Å². The number of H-pyrrole nitrogens is 1. The van der Waals surface area contributed by atoms with E-state index in [2.05, 4.69) is 4.98 Å². The van der Waals surface area contributed by atoms with Gasteiger partial charge < -0.3 is 4.90 Å². The third kappa shape index (κ3) is 1.56. The first kappa shape index (κ1) is 10.7. The lowest BCUT2D eigenvalue weighted by Crippen LogP contribution is -2.36. The molecule has 0 amide bonds. The van der Waals surface area contributed by atoms with E-state index in [1.807, 2.05) is 0 Å². The van der Waals surface area contributed by atoms with Crippen molar-refractivity contribution in [3.05, 3.63) is 26.4 Å². The maximum Gasteiger partial charge on any atom is 0.329 e. The Morgan fingerprint density at radius 2 is 1.94 bits per heavy atom. The minimum atomic E-state index is -0.611. The first-order valence-electron chi connectivity index (χ1n) is 5.18. The van der Waals surface area contributed by atoms with Gasteiger partial charge in [0, 0.05) is 20.1 Å². The summed E-state index contributed by atoms with van der Waals surface area (Å²) >= 11 is 0. The van der Waals surface area contributed by atoms with Crippen LogP contribution in [0.2, 0.25) is 0 Å². The maximum absolute atomic E-state index is 11.6. The van der Waals surface area contributed by atoms with Crippen LogP contribution < -0.4 is 16.1 Å². The normalized spacial score (nSPS) is 15.4. The summed E-state index contributed by atoms with van der Waals surface area (Å²) in [6, 6.07) is 0. The first-order valence-corrected chi connectivity index (χ1v) is 5.18. The van der Waals surface area contributed by atoms with Gasteiger partial charge in [-0.05, 0) is 12.8 Å². The lowest BCUT2D eigenvalue weighted by molar-refractivity contribution is 0.112. The molecule has 1 aliphatic rings. The van der Waals surface area contributed by atoms with Crippen molar-refractivity contribution in [1.29, 1.82) is 0 Å². The molecule has 6 heteroatoms. The van der Waals surface area contributed by atoms with E-state index in [0.29, 0.717) is 18.6 Å². The van der Waals surface area contributed by atoms with Crippen molar-refractivity contribution in [2.45, 2.75) is 19.4 Å². The quantitative estimate of drug-likeness (QED) is 0.656. The van der Waals surface area contributed by atoms with Gasteiger partial charge in [-0.1, -0.05) is 0 Å².